The summed E-state index contributed by atoms with van der Waals surface area (Å²) >= 11 is 12.4. The highest BCUT2D eigenvalue weighted by molar-refractivity contribution is 6.33. The predicted molar refractivity (Wildman–Crippen MR) is 121 cm³/mol. The summed E-state index contributed by atoms with van der Waals surface area (Å²) in [5.74, 6) is 0.551. The number of hydrogen-bond acceptors (Lipinski definition) is 4. The lowest BCUT2D eigenvalue weighted by atomic mass is 10.1. The standard InChI is InChI=1S/C19H22Cl2FN5.C2H6/c1-11(2)3-5-27(6-4-23)19-15(21)8-16(22)17(26-19)14-10-25-18-13(14)7-12(20)9-24-18;1-2/h7-11H,3-6,23H2,1-2H3,(H,24,25);1-2H3. The third kappa shape index (κ3) is 5.59. The van der Waals surface area contributed by atoms with E-state index in [1.54, 1.807) is 12.3 Å². The molecule has 3 aromatic heterocycles. The lowest BCUT2D eigenvalue weighted by Gasteiger charge is -2.25. The lowest BCUT2D eigenvalue weighted by Crippen LogP contribution is -2.32. The van der Waals surface area contributed by atoms with Gasteiger partial charge in [0.25, 0.3) is 0 Å². The molecule has 8 heteroatoms. The molecular formula is C21H28Cl2FN5. The fourth-order valence-corrected chi connectivity index (χ4v) is 3.35. The number of H-pyrrole nitrogens is 1. The number of pyridine rings is 2. The van der Waals surface area contributed by atoms with Crippen molar-refractivity contribution in [3.63, 3.8) is 0 Å². The summed E-state index contributed by atoms with van der Waals surface area (Å²) in [6, 6.07) is 3.04. The summed E-state index contributed by atoms with van der Waals surface area (Å²) in [4.78, 5) is 13.8. The van der Waals surface area contributed by atoms with Crippen LogP contribution in [0.5, 0.6) is 0 Å². The van der Waals surface area contributed by atoms with Gasteiger partial charge in [-0.3, -0.25) is 0 Å². The Bertz CT molecular complexity index is 942. The third-order valence-electron chi connectivity index (χ3n) is 4.34. The maximum absolute atomic E-state index is 14.7. The first-order valence-electron chi connectivity index (χ1n) is 9.84. The number of nitrogens with zero attached hydrogens (tertiary/aromatic N) is 3. The molecule has 0 atom stereocenters. The van der Waals surface area contributed by atoms with E-state index < -0.39 is 5.82 Å². The first-order valence-corrected chi connectivity index (χ1v) is 10.6. The maximum Gasteiger partial charge on any atom is 0.151 e. The molecule has 158 valence electrons. The fraction of sp³-hybridized carbons (Fsp3) is 0.429. The van der Waals surface area contributed by atoms with Crippen LogP contribution in [-0.4, -0.2) is 34.6 Å². The minimum absolute atomic E-state index is 0.205. The SMILES string of the molecule is CC.CC(C)CCN(CCN)c1nc(-c2c[nH]c3ncc(Cl)cc23)c(F)cc1Cl. The molecule has 29 heavy (non-hydrogen) atoms. The van der Waals surface area contributed by atoms with Crippen LogP contribution in [0, 0.1) is 11.7 Å². The molecule has 0 bridgehead atoms. The highest BCUT2D eigenvalue weighted by Crippen LogP contribution is 2.34. The van der Waals surface area contributed by atoms with Gasteiger partial charge in [-0.25, -0.2) is 14.4 Å². The first kappa shape index (κ1) is 23.4. The largest absolute Gasteiger partial charge is 0.354 e. The second-order valence-electron chi connectivity index (χ2n) is 6.83. The van der Waals surface area contributed by atoms with E-state index in [4.69, 9.17) is 28.9 Å². The van der Waals surface area contributed by atoms with E-state index in [1.165, 1.54) is 12.3 Å². The zero-order valence-corrected chi connectivity index (χ0v) is 18.8. The van der Waals surface area contributed by atoms with Crippen LogP contribution >= 0.6 is 23.2 Å². The van der Waals surface area contributed by atoms with Gasteiger partial charge < -0.3 is 15.6 Å². The number of fused-ring (bicyclic) bond motifs is 1. The van der Waals surface area contributed by atoms with Gasteiger partial charge in [0, 0.05) is 43.0 Å². The van der Waals surface area contributed by atoms with Crippen molar-refractivity contribution in [1.82, 2.24) is 15.0 Å². The third-order valence-corrected chi connectivity index (χ3v) is 4.82. The van der Waals surface area contributed by atoms with Crippen molar-refractivity contribution in [3.05, 3.63) is 40.4 Å². The van der Waals surface area contributed by atoms with Crippen LogP contribution < -0.4 is 10.6 Å². The summed E-state index contributed by atoms with van der Waals surface area (Å²) in [6.45, 7) is 10.1. The van der Waals surface area contributed by atoms with Crippen LogP contribution in [-0.2, 0) is 0 Å². The Balaban J connectivity index is 0.00000145. The Labute approximate surface area is 181 Å². The molecule has 0 unspecified atom stereocenters. The van der Waals surface area contributed by atoms with Crippen molar-refractivity contribution >= 4 is 40.1 Å². The fourth-order valence-electron chi connectivity index (χ4n) is 2.93. The summed E-state index contributed by atoms with van der Waals surface area (Å²) < 4.78 is 14.7. The molecule has 0 aliphatic heterocycles. The smallest absolute Gasteiger partial charge is 0.151 e. The Hall–Kier alpha value is -1.89. The molecule has 0 saturated carbocycles. The van der Waals surface area contributed by atoms with E-state index in [-0.39, 0.29) is 10.7 Å². The molecule has 0 aromatic carbocycles. The minimum Gasteiger partial charge on any atom is -0.354 e. The van der Waals surface area contributed by atoms with Gasteiger partial charge in [-0.15, -0.1) is 0 Å². The first-order chi connectivity index (χ1) is 13.9. The average molecular weight is 440 g/mol. The number of hydrogen-bond donors (Lipinski definition) is 2. The summed E-state index contributed by atoms with van der Waals surface area (Å²) in [6.07, 6.45) is 4.17. The van der Waals surface area contributed by atoms with Crippen molar-refractivity contribution in [1.29, 1.82) is 0 Å². The number of rotatable bonds is 7. The Morgan fingerprint density at radius 1 is 1.21 bits per heavy atom. The monoisotopic (exact) mass is 439 g/mol. The second-order valence-corrected chi connectivity index (χ2v) is 7.68. The molecule has 5 nitrogen and oxygen atoms in total. The molecule has 0 spiro atoms. The van der Waals surface area contributed by atoms with Crippen molar-refractivity contribution in [2.45, 2.75) is 34.1 Å². The zero-order valence-electron chi connectivity index (χ0n) is 17.3. The summed E-state index contributed by atoms with van der Waals surface area (Å²) in [7, 11) is 0. The van der Waals surface area contributed by atoms with Crippen LogP contribution in [0.3, 0.4) is 0 Å². The normalized spacial score (nSPS) is 10.9. The Kier molecular flexibility index (Phi) is 8.68. The van der Waals surface area contributed by atoms with Crippen molar-refractivity contribution < 1.29 is 4.39 Å². The number of halogens is 3. The summed E-state index contributed by atoms with van der Waals surface area (Å²) in [5, 5.41) is 1.44. The molecule has 0 aliphatic rings. The molecule has 3 N–H and O–H groups in total. The van der Waals surface area contributed by atoms with E-state index in [9.17, 15) is 4.39 Å². The number of aromatic amines is 1. The van der Waals surface area contributed by atoms with E-state index in [0.29, 0.717) is 46.4 Å². The maximum atomic E-state index is 14.7. The average Bonchev–Trinajstić information content (AvgIpc) is 3.10. The molecule has 0 aliphatic carbocycles. The van der Waals surface area contributed by atoms with Gasteiger partial charge in [0.2, 0.25) is 0 Å². The van der Waals surface area contributed by atoms with Crippen molar-refractivity contribution in [2.24, 2.45) is 11.7 Å². The minimum atomic E-state index is -0.499. The lowest BCUT2D eigenvalue weighted by molar-refractivity contribution is 0.570. The molecule has 3 heterocycles. The Morgan fingerprint density at radius 2 is 1.93 bits per heavy atom. The van der Waals surface area contributed by atoms with Crippen LogP contribution in [0.1, 0.15) is 34.1 Å². The van der Waals surface area contributed by atoms with E-state index in [1.807, 2.05) is 18.7 Å². The molecular weight excluding hydrogens is 412 g/mol. The highest BCUT2D eigenvalue weighted by atomic mass is 35.5. The van der Waals surface area contributed by atoms with Gasteiger partial charge in [-0.1, -0.05) is 50.9 Å². The van der Waals surface area contributed by atoms with Crippen LogP contribution in [0.2, 0.25) is 10.0 Å². The summed E-state index contributed by atoms with van der Waals surface area (Å²) in [5.41, 5.74) is 7.17. The predicted octanol–water partition coefficient (Wildman–Crippen LogP) is 5.91. The van der Waals surface area contributed by atoms with Gasteiger partial charge in [0.05, 0.1) is 10.0 Å². The van der Waals surface area contributed by atoms with Gasteiger partial charge in [-0.2, -0.15) is 0 Å². The van der Waals surface area contributed by atoms with Crippen LogP contribution in [0.15, 0.2) is 24.5 Å². The molecule has 0 radical (unpaired) electrons. The van der Waals surface area contributed by atoms with Crippen LogP contribution in [0.4, 0.5) is 10.2 Å². The van der Waals surface area contributed by atoms with Gasteiger partial charge in [0.15, 0.2) is 5.82 Å². The molecule has 0 amide bonds. The van der Waals surface area contributed by atoms with Crippen molar-refractivity contribution in [3.8, 4) is 11.3 Å². The van der Waals surface area contributed by atoms with E-state index in [0.717, 1.165) is 13.0 Å². The van der Waals surface area contributed by atoms with Gasteiger partial charge in [0.1, 0.15) is 17.2 Å². The number of anilines is 1. The highest BCUT2D eigenvalue weighted by Gasteiger charge is 2.20. The second kappa shape index (κ2) is 10.8. The number of nitrogens with one attached hydrogen (secondary N) is 1. The quantitative estimate of drug-likeness (QED) is 0.479. The topological polar surface area (TPSA) is 70.8 Å². The molecule has 3 rings (SSSR count). The van der Waals surface area contributed by atoms with Gasteiger partial charge in [-0.05, 0) is 24.5 Å². The molecule has 3 aromatic rings. The van der Waals surface area contributed by atoms with E-state index >= 15 is 0 Å². The number of aromatic nitrogens is 3. The van der Waals surface area contributed by atoms with E-state index in [2.05, 4.69) is 28.8 Å². The van der Waals surface area contributed by atoms with Gasteiger partial charge >= 0.3 is 0 Å². The number of nitrogens with two attached hydrogens (primary N) is 1. The zero-order chi connectivity index (χ0) is 21.6. The Morgan fingerprint density at radius 3 is 2.59 bits per heavy atom. The molecule has 0 saturated heterocycles. The van der Waals surface area contributed by atoms with Crippen LogP contribution in [0.25, 0.3) is 22.3 Å². The van der Waals surface area contributed by atoms with Crippen molar-refractivity contribution in [2.75, 3.05) is 24.5 Å². The molecule has 0 fully saturated rings.